The number of hydrogen-bond acceptors (Lipinski definition) is 5. The van der Waals surface area contributed by atoms with Crippen LogP contribution in [-0.4, -0.2) is 35.8 Å². The number of methoxy groups -OCH3 is 1. The summed E-state index contributed by atoms with van der Waals surface area (Å²) in [6, 6.07) is 15.9. The Labute approximate surface area is 212 Å². The number of ether oxygens (including phenoxy) is 1. The Bertz CT molecular complexity index is 1250. The van der Waals surface area contributed by atoms with Crippen LogP contribution in [0.1, 0.15) is 48.9 Å². The van der Waals surface area contributed by atoms with E-state index in [0.29, 0.717) is 5.56 Å². The van der Waals surface area contributed by atoms with Gasteiger partial charge in [0, 0.05) is 25.9 Å². The fourth-order valence-corrected chi connectivity index (χ4v) is 6.76. The second-order valence-corrected chi connectivity index (χ2v) is 11.1. The van der Waals surface area contributed by atoms with Gasteiger partial charge in [0.2, 0.25) is 0 Å². The number of carbonyl (C=O) groups excluding carboxylic acids is 2. The largest absolute Gasteiger partial charge is 0.469 e. The van der Waals surface area contributed by atoms with Crippen LogP contribution in [0.2, 0.25) is 0 Å². The number of thioether (sulfide) groups is 1. The molecule has 3 aliphatic carbocycles. The van der Waals surface area contributed by atoms with Crippen molar-refractivity contribution in [3.8, 4) is 11.3 Å². The summed E-state index contributed by atoms with van der Waals surface area (Å²) in [5.74, 6) is -0.172. The van der Waals surface area contributed by atoms with Gasteiger partial charge in [-0.1, -0.05) is 46.3 Å². The van der Waals surface area contributed by atoms with Crippen LogP contribution in [0.5, 0.6) is 0 Å². The molecule has 1 aromatic heterocycles. The van der Waals surface area contributed by atoms with Gasteiger partial charge in [0.25, 0.3) is 5.91 Å². The summed E-state index contributed by atoms with van der Waals surface area (Å²) in [5.41, 5.74) is 2.61. The maximum atomic E-state index is 14.0. The Morgan fingerprint density at radius 2 is 1.71 bits per heavy atom. The van der Waals surface area contributed by atoms with Crippen LogP contribution in [0.15, 0.2) is 57.9 Å². The standard InChI is InChI=1S/C27H27BrN2O3S/c1-33-25(32)26-10-13-27(14-11-26,15-12-26)30-24(31)21-19-16-18(28)8-9-20(19)29-22(23(21)34-2)17-6-4-3-5-7-17/h3-9,16H,10-15H2,1-2H3,(H,30,31). The van der Waals surface area contributed by atoms with Gasteiger partial charge in [-0.2, -0.15) is 0 Å². The molecule has 7 heteroatoms. The lowest BCUT2D eigenvalue weighted by molar-refractivity contribution is -0.160. The lowest BCUT2D eigenvalue weighted by Crippen LogP contribution is -2.58. The minimum Gasteiger partial charge on any atom is -0.469 e. The molecule has 3 aliphatic rings. The third-order valence-corrected chi connectivity index (χ3v) is 8.92. The summed E-state index contributed by atoms with van der Waals surface area (Å²) in [5, 5.41) is 4.26. The van der Waals surface area contributed by atoms with E-state index in [4.69, 9.17) is 9.72 Å². The molecule has 5 nitrogen and oxygen atoms in total. The Morgan fingerprint density at radius 1 is 1.03 bits per heavy atom. The summed E-state index contributed by atoms with van der Waals surface area (Å²) in [6.45, 7) is 0. The lowest BCUT2D eigenvalue weighted by atomic mass is 9.57. The molecule has 3 saturated carbocycles. The highest BCUT2D eigenvalue weighted by Crippen LogP contribution is 2.53. The minimum absolute atomic E-state index is 0.0699. The molecule has 1 N–H and O–H groups in total. The molecule has 2 aromatic carbocycles. The van der Waals surface area contributed by atoms with E-state index in [1.54, 1.807) is 11.8 Å². The number of hydrogen-bond donors (Lipinski definition) is 1. The molecular formula is C27H27BrN2O3S. The van der Waals surface area contributed by atoms with Crippen LogP contribution in [0.4, 0.5) is 0 Å². The van der Waals surface area contributed by atoms with E-state index < -0.39 is 0 Å². The first kappa shape index (κ1) is 23.4. The minimum atomic E-state index is -0.375. The van der Waals surface area contributed by atoms with E-state index in [-0.39, 0.29) is 22.8 Å². The normalized spacial score (nSPS) is 23.6. The summed E-state index contributed by atoms with van der Waals surface area (Å²) >= 11 is 5.12. The van der Waals surface area contributed by atoms with Crippen molar-refractivity contribution in [2.45, 2.75) is 49.0 Å². The van der Waals surface area contributed by atoms with Crippen molar-refractivity contribution in [2.75, 3.05) is 13.4 Å². The number of benzene rings is 2. The fourth-order valence-electron chi connectivity index (χ4n) is 5.63. The Morgan fingerprint density at radius 3 is 2.32 bits per heavy atom. The smallest absolute Gasteiger partial charge is 0.311 e. The summed E-state index contributed by atoms with van der Waals surface area (Å²) in [6.07, 6.45) is 6.64. The molecule has 6 rings (SSSR count). The van der Waals surface area contributed by atoms with E-state index in [9.17, 15) is 9.59 Å². The molecule has 1 heterocycles. The molecule has 1 amide bonds. The molecule has 0 spiro atoms. The first-order valence-electron chi connectivity index (χ1n) is 11.5. The maximum absolute atomic E-state index is 14.0. The third-order valence-electron chi connectivity index (χ3n) is 7.62. The van der Waals surface area contributed by atoms with Gasteiger partial charge in [-0.05, 0) is 63.0 Å². The van der Waals surface area contributed by atoms with Crippen molar-refractivity contribution in [1.29, 1.82) is 0 Å². The summed E-state index contributed by atoms with van der Waals surface area (Å²) < 4.78 is 6.01. The van der Waals surface area contributed by atoms with Crippen molar-refractivity contribution in [3.05, 3.63) is 58.6 Å². The Kier molecular flexibility index (Phi) is 6.19. The van der Waals surface area contributed by atoms with E-state index in [2.05, 4.69) is 21.2 Å². The second kappa shape index (κ2) is 9.00. The highest BCUT2D eigenvalue weighted by atomic mass is 79.9. The second-order valence-electron chi connectivity index (χ2n) is 9.40. The molecular weight excluding hydrogens is 512 g/mol. The van der Waals surface area contributed by atoms with Gasteiger partial charge in [-0.3, -0.25) is 9.59 Å². The molecule has 0 atom stereocenters. The SMILES string of the molecule is COC(=O)C12CCC(NC(=O)c3c(SC)c(-c4ccccc4)nc4ccc(Br)cc34)(CC1)CC2. The van der Waals surface area contributed by atoms with Crippen molar-refractivity contribution < 1.29 is 14.3 Å². The van der Waals surface area contributed by atoms with Gasteiger partial charge in [0.15, 0.2) is 0 Å². The molecule has 3 aromatic rings. The van der Waals surface area contributed by atoms with Crippen LogP contribution in [0.25, 0.3) is 22.2 Å². The van der Waals surface area contributed by atoms with E-state index in [0.717, 1.165) is 70.1 Å². The number of rotatable bonds is 5. The number of aromatic nitrogens is 1. The van der Waals surface area contributed by atoms with Gasteiger partial charge in [-0.15, -0.1) is 11.8 Å². The number of halogens is 1. The molecule has 176 valence electrons. The van der Waals surface area contributed by atoms with Gasteiger partial charge < -0.3 is 10.1 Å². The molecule has 0 unspecified atom stereocenters. The van der Waals surface area contributed by atoms with Gasteiger partial charge >= 0.3 is 5.97 Å². The van der Waals surface area contributed by atoms with Crippen LogP contribution in [-0.2, 0) is 9.53 Å². The van der Waals surface area contributed by atoms with E-state index >= 15 is 0 Å². The van der Waals surface area contributed by atoms with Crippen molar-refractivity contribution >= 4 is 50.5 Å². The third kappa shape index (κ3) is 3.93. The van der Waals surface area contributed by atoms with Crippen LogP contribution >= 0.6 is 27.7 Å². The quantitative estimate of drug-likeness (QED) is 0.301. The van der Waals surface area contributed by atoms with Gasteiger partial charge in [0.1, 0.15) is 0 Å². The topological polar surface area (TPSA) is 68.3 Å². The molecule has 34 heavy (non-hydrogen) atoms. The highest BCUT2D eigenvalue weighted by molar-refractivity contribution is 9.10. The molecule has 0 radical (unpaired) electrons. The Hall–Kier alpha value is -2.38. The highest BCUT2D eigenvalue weighted by Gasteiger charge is 2.53. The van der Waals surface area contributed by atoms with Gasteiger partial charge in [-0.25, -0.2) is 4.98 Å². The number of amides is 1. The van der Waals surface area contributed by atoms with E-state index in [1.807, 2.05) is 54.8 Å². The number of pyridine rings is 1. The van der Waals surface area contributed by atoms with Gasteiger partial charge in [0.05, 0.1) is 29.3 Å². The number of esters is 1. The van der Waals surface area contributed by atoms with Crippen LogP contribution in [0.3, 0.4) is 0 Å². The zero-order valence-electron chi connectivity index (χ0n) is 19.3. The lowest BCUT2D eigenvalue weighted by Gasteiger charge is -2.52. The monoisotopic (exact) mass is 538 g/mol. The molecule has 0 aliphatic heterocycles. The average Bonchev–Trinajstić information content (AvgIpc) is 2.88. The predicted octanol–water partition coefficient (Wildman–Crippen LogP) is 6.38. The van der Waals surface area contributed by atoms with Crippen LogP contribution < -0.4 is 5.32 Å². The molecule has 2 bridgehead atoms. The van der Waals surface area contributed by atoms with E-state index in [1.165, 1.54) is 7.11 Å². The number of nitrogens with zero attached hydrogens (tertiary/aromatic N) is 1. The molecule has 3 fully saturated rings. The maximum Gasteiger partial charge on any atom is 0.311 e. The average molecular weight is 539 g/mol. The van der Waals surface area contributed by atoms with Crippen molar-refractivity contribution in [1.82, 2.24) is 10.3 Å². The van der Waals surface area contributed by atoms with Crippen molar-refractivity contribution in [3.63, 3.8) is 0 Å². The predicted molar refractivity (Wildman–Crippen MR) is 139 cm³/mol. The summed E-state index contributed by atoms with van der Waals surface area (Å²) in [7, 11) is 1.47. The van der Waals surface area contributed by atoms with Crippen molar-refractivity contribution in [2.24, 2.45) is 5.41 Å². The van der Waals surface area contributed by atoms with Crippen LogP contribution in [0, 0.1) is 5.41 Å². The summed E-state index contributed by atoms with van der Waals surface area (Å²) in [4.78, 5) is 32.2. The number of carbonyl (C=O) groups is 2. The number of fused-ring (bicyclic) bond motifs is 4. The first-order chi connectivity index (χ1) is 16.4. The Balaban J connectivity index is 1.56. The zero-order valence-corrected chi connectivity index (χ0v) is 21.7. The first-order valence-corrected chi connectivity index (χ1v) is 13.6. The number of nitrogens with one attached hydrogen (secondary N) is 1. The fraction of sp³-hybridized carbons (Fsp3) is 0.370. The zero-order chi connectivity index (χ0) is 23.9. The molecule has 0 saturated heterocycles.